The molecule has 0 aliphatic rings. The molecule has 2 rings (SSSR count). The first kappa shape index (κ1) is 10.7. The average molecular weight is 283 g/mol. The molecule has 0 aromatic carbocycles. The van der Waals surface area contributed by atoms with Crippen molar-refractivity contribution in [1.82, 2.24) is 25.2 Å². The number of halogens is 1. The minimum absolute atomic E-state index is 0.167. The Balaban J connectivity index is 2.14. The van der Waals surface area contributed by atoms with Crippen LogP contribution in [-0.2, 0) is 7.05 Å². The van der Waals surface area contributed by atoms with Crippen LogP contribution in [0.3, 0.4) is 0 Å². The number of hydrogen-bond donors (Lipinski definition) is 1. The third-order valence-electron chi connectivity index (χ3n) is 1.72. The largest absolute Gasteiger partial charge is 0.288 e. The normalized spacial score (nSPS) is 10.1. The molecule has 0 atom stereocenters. The van der Waals surface area contributed by atoms with Crippen LogP contribution in [0.4, 0.5) is 5.95 Å². The van der Waals surface area contributed by atoms with Gasteiger partial charge in [-0.05, 0) is 33.3 Å². The highest BCUT2D eigenvalue weighted by atomic mass is 79.9. The van der Waals surface area contributed by atoms with Crippen molar-refractivity contribution in [3.63, 3.8) is 0 Å². The van der Waals surface area contributed by atoms with Crippen molar-refractivity contribution < 1.29 is 4.79 Å². The number of tetrazole rings is 1. The van der Waals surface area contributed by atoms with Crippen LogP contribution in [-0.4, -0.2) is 31.1 Å². The molecule has 16 heavy (non-hydrogen) atoms. The molecule has 0 aliphatic carbocycles. The zero-order valence-electron chi connectivity index (χ0n) is 8.25. The summed E-state index contributed by atoms with van der Waals surface area (Å²) in [5, 5.41) is 13.6. The Morgan fingerprint density at radius 1 is 1.56 bits per heavy atom. The van der Waals surface area contributed by atoms with Gasteiger partial charge in [0.05, 0.1) is 7.05 Å². The lowest BCUT2D eigenvalue weighted by molar-refractivity contribution is 0.102. The lowest BCUT2D eigenvalue weighted by atomic mass is 10.2. The van der Waals surface area contributed by atoms with Crippen molar-refractivity contribution in [2.75, 3.05) is 5.32 Å². The van der Waals surface area contributed by atoms with E-state index in [1.165, 1.54) is 11.0 Å². The first-order chi connectivity index (χ1) is 7.65. The lowest BCUT2D eigenvalue weighted by Crippen LogP contribution is -2.13. The Morgan fingerprint density at radius 3 is 3.00 bits per heavy atom. The van der Waals surface area contributed by atoms with Gasteiger partial charge in [-0.25, -0.2) is 4.98 Å². The van der Waals surface area contributed by atoms with E-state index >= 15 is 0 Å². The van der Waals surface area contributed by atoms with Crippen LogP contribution >= 0.6 is 15.9 Å². The number of pyridine rings is 1. The van der Waals surface area contributed by atoms with Crippen LogP contribution in [0.25, 0.3) is 0 Å². The van der Waals surface area contributed by atoms with E-state index in [9.17, 15) is 4.79 Å². The molecule has 2 aromatic heterocycles. The third-order valence-corrected chi connectivity index (χ3v) is 2.16. The Bertz CT molecular complexity index is 525. The summed E-state index contributed by atoms with van der Waals surface area (Å²) >= 11 is 3.18. The number of carbonyl (C=O) groups is 1. The Kier molecular flexibility index (Phi) is 2.91. The van der Waals surface area contributed by atoms with Gasteiger partial charge in [0, 0.05) is 11.8 Å². The summed E-state index contributed by atoms with van der Waals surface area (Å²) in [7, 11) is 1.62. The molecule has 0 bridgehead atoms. The van der Waals surface area contributed by atoms with Gasteiger partial charge in [0.15, 0.2) is 0 Å². The van der Waals surface area contributed by atoms with Crippen LogP contribution in [0.2, 0.25) is 0 Å². The number of rotatable bonds is 2. The highest BCUT2D eigenvalue weighted by Crippen LogP contribution is 2.09. The molecular weight excluding hydrogens is 276 g/mol. The highest BCUT2D eigenvalue weighted by Gasteiger charge is 2.09. The van der Waals surface area contributed by atoms with Crippen LogP contribution in [0, 0.1) is 0 Å². The molecule has 0 spiro atoms. The third kappa shape index (κ3) is 2.40. The number of carbonyl (C=O) groups excluding carboxylic acids is 1. The standard InChI is InChI=1S/C8H7BrN6O/c1-15-13-8(12-14-15)11-7(16)5-2-3-10-6(9)4-5/h2-4H,1H3,(H,11,13,16). The van der Waals surface area contributed by atoms with E-state index in [0.29, 0.717) is 10.2 Å². The van der Waals surface area contributed by atoms with Crippen molar-refractivity contribution in [2.24, 2.45) is 7.05 Å². The summed E-state index contributed by atoms with van der Waals surface area (Å²) in [5.41, 5.74) is 0.467. The quantitative estimate of drug-likeness (QED) is 0.816. The molecule has 1 N–H and O–H groups in total. The van der Waals surface area contributed by atoms with Gasteiger partial charge in [0.25, 0.3) is 11.9 Å². The van der Waals surface area contributed by atoms with E-state index in [0.717, 1.165) is 0 Å². The van der Waals surface area contributed by atoms with E-state index in [1.54, 1.807) is 19.2 Å². The van der Waals surface area contributed by atoms with Gasteiger partial charge < -0.3 is 0 Å². The number of aryl methyl sites for hydroxylation is 1. The Morgan fingerprint density at radius 2 is 2.38 bits per heavy atom. The molecule has 0 unspecified atom stereocenters. The number of anilines is 1. The molecule has 0 saturated carbocycles. The summed E-state index contributed by atoms with van der Waals surface area (Å²) in [6.07, 6.45) is 1.53. The topological polar surface area (TPSA) is 85.6 Å². The van der Waals surface area contributed by atoms with Gasteiger partial charge in [0.1, 0.15) is 4.60 Å². The molecule has 0 aliphatic heterocycles. The molecule has 2 aromatic rings. The van der Waals surface area contributed by atoms with E-state index in [1.807, 2.05) is 0 Å². The predicted molar refractivity (Wildman–Crippen MR) is 58.7 cm³/mol. The summed E-state index contributed by atoms with van der Waals surface area (Å²) in [4.78, 5) is 16.9. The molecule has 7 nitrogen and oxygen atoms in total. The first-order valence-corrected chi connectivity index (χ1v) is 5.11. The smallest absolute Gasteiger partial charge is 0.270 e. The molecule has 8 heteroatoms. The van der Waals surface area contributed by atoms with Gasteiger partial charge >= 0.3 is 0 Å². The monoisotopic (exact) mass is 282 g/mol. The Labute approximate surface area is 99.0 Å². The Hall–Kier alpha value is -1.83. The van der Waals surface area contributed by atoms with Crippen molar-refractivity contribution in [1.29, 1.82) is 0 Å². The van der Waals surface area contributed by atoms with Crippen LogP contribution in [0.1, 0.15) is 10.4 Å². The maximum atomic E-state index is 11.7. The van der Waals surface area contributed by atoms with E-state index < -0.39 is 0 Å². The molecule has 1 amide bonds. The summed E-state index contributed by atoms with van der Waals surface area (Å²) in [6, 6.07) is 3.20. The van der Waals surface area contributed by atoms with Crippen molar-refractivity contribution in [3.05, 3.63) is 28.5 Å². The fourth-order valence-corrected chi connectivity index (χ4v) is 1.42. The van der Waals surface area contributed by atoms with Crippen LogP contribution in [0.15, 0.2) is 22.9 Å². The fraction of sp³-hybridized carbons (Fsp3) is 0.125. The minimum Gasteiger partial charge on any atom is -0.288 e. The maximum Gasteiger partial charge on any atom is 0.270 e. The molecule has 2 heterocycles. The second-order valence-electron chi connectivity index (χ2n) is 2.92. The zero-order valence-corrected chi connectivity index (χ0v) is 9.84. The minimum atomic E-state index is -0.309. The number of nitrogens with one attached hydrogen (secondary N) is 1. The van der Waals surface area contributed by atoms with Gasteiger partial charge in [-0.3, -0.25) is 10.1 Å². The van der Waals surface area contributed by atoms with E-state index in [2.05, 4.69) is 41.6 Å². The number of nitrogens with zero attached hydrogens (tertiary/aromatic N) is 5. The predicted octanol–water partition coefficient (Wildman–Crippen LogP) is 0.620. The number of hydrogen-bond acceptors (Lipinski definition) is 5. The summed E-state index contributed by atoms with van der Waals surface area (Å²) < 4.78 is 0.590. The number of amides is 1. The molecular formula is C8H7BrN6O. The highest BCUT2D eigenvalue weighted by molar-refractivity contribution is 9.10. The second kappa shape index (κ2) is 4.35. The fourth-order valence-electron chi connectivity index (χ4n) is 1.05. The van der Waals surface area contributed by atoms with Crippen molar-refractivity contribution in [2.45, 2.75) is 0 Å². The molecule has 82 valence electrons. The van der Waals surface area contributed by atoms with E-state index in [4.69, 9.17) is 0 Å². The summed E-state index contributed by atoms with van der Waals surface area (Å²) in [5.74, 6) is -0.142. The summed E-state index contributed by atoms with van der Waals surface area (Å²) in [6.45, 7) is 0. The lowest BCUT2D eigenvalue weighted by Gasteiger charge is -1.99. The maximum absolute atomic E-state index is 11.7. The van der Waals surface area contributed by atoms with Crippen LogP contribution in [0.5, 0.6) is 0 Å². The SMILES string of the molecule is Cn1nnc(NC(=O)c2ccnc(Br)c2)n1. The van der Waals surface area contributed by atoms with E-state index in [-0.39, 0.29) is 11.9 Å². The second-order valence-corrected chi connectivity index (χ2v) is 3.74. The first-order valence-electron chi connectivity index (χ1n) is 4.32. The van der Waals surface area contributed by atoms with Gasteiger partial charge in [0.2, 0.25) is 0 Å². The van der Waals surface area contributed by atoms with Gasteiger partial charge in [-0.2, -0.15) is 4.80 Å². The van der Waals surface area contributed by atoms with Gasteiger partial charge in [-0.1, -0.05) is 5.10 Å². The number of aromatic nitrogens is 5. The molecule has 0 fully saturated rings. The molecule has 0 radical (unpaired) electrons. The molecule has 0 saturated heterocycles. The van der Waals surface area contributed by atoms with Crippen molar-refractivity contribution >= 4 is 27.8 Å². The van der Waals surface area contributed by atoms with Crippen LogP contribution < -0.4 is 5.32 Å². The average Bonchev–Trinajstić information content (AvgIpc) is 2.64. The van der Waals surface area contributed by atoms with Gasteiger partial charge in [-0.15, -0.1) is 5.10 Å². The zero-order chi connectivity index (χ0) is 11.5. The van der Waals surface area contributed by atoms with Crippen molar-refractivity contribution in [3.8, 4) is 0 Å².